The number of nitrogen functional groups attached to an aromatic ring is 1. The highest BCUT2D eigenvalue weighted by Gasteiger charge is 2.02. The van der Waals surface area contributed by atoms with Gasteiger partial charge in [0, 0.05) is 16.8 Å². The molecule has 1 aromatic carbocycles. The van der Waals surface area contributed by atoms with Crippen molar-refractivity contribution in [2.75, 3.05) is 11.1 Å². The van der Waals surface area contributed by atoms with Crippen LogP contribution in [0.25, 0.3) is 0 Å². The number of hydrogen-bond donors (Lipinski definition) is 2. The topological polar surface area (TPSA) is 50.9 Å². The largest absolute Gasteiger partial charge is 0.399 e. The third-order valence-corrected chi connectivity index (χ3v) is 3.37. The molecule has 0 fully saturated rings. The van der Waals surface area contributed by atoms with Crippen molar-refractivity contribution in [3.8, 4) is 0 Å². The van der Waals surface area contributed by atoms with Gasteiger partial charge in [-0.3, -0.25) is 0 Å². The fraction of sp³-hybridized carbons (Fsp3) is 0.182. The number of benzene rings is 1. The lowest BCUT2D eigenvalue weighted by atomic mass is 10.3. The van der Waals surface area contributed by atoms with Gasteiger partial charge < -0.3 is 11.1 Å². The first kappa shape index (κ1) is 11.2. The van der Waals surface area contributed by atoms with Crippen LogP contribution in [0.2, 0.25) is 5.02 Å². The van der Waals surface area contributed by atoms with Crippen molar-refractivity contribution in [3.63, 3.8) is 0 Å². The van der Waals surface area contributed by atoms with Crippen LogP contribution in [0, 0.1) is 6.92 Å². The predicted octanol–water partition coefficient (Wildman–Crippen LogP) is 3.30. The van der Waals surface area contributed by atoms with Crippen molar-refractivity contribution in [3.05, 3.63) is 39.3 Å². The highest BCUT2D eigenvalue weighted by molar-refractivity contribution is 7.09. The summed E-state index contributed by atoms with van der Waals surface area (Å²) in [5.41, 5.74) is 8.21. The minimum absolute atomic E-state index is 0.633. The molecule has 1 heterocycles. The second kappa shape index (κ2) is 4.72. The van der Waals surface area contributed by atoms with E-state index in [2.05, 4.69) is 10.3 Å². The SMILES string of the molecule is Cc1csc(CNc2ccc(N)cc2Cl)n1. The molecule has 0 saturated carbocycles. The molecule has 3 N–H and O–H groups in total. The highest BCUT2D eigenvalue weighted by atomic mass is 35.5. The Hall–Kier alpha value is -1.26. The summed E-state index contributed by atoms with van der Waals surface area (Å²) in [6.07, 6.45) is 0. The molecule has 16 heavy (non-hydrogen) atoms. The monoisotopic (exact) mass is 253 g/mol. The van der Waals surface area contributed by atoms with Crippen LogP contribution in [0.15, 0.2) is 23.6 Å². The van der Waals surface area contributed by atoms with Crippen LogP contribution >= 0.6 is 22.9 Å². The van der Waals surface area contributed by atoms with E-state index in [1.54, 1.807) is 17.4 Å². The number of nitrogens with zero attached hydrogens (tertiary/aromatic N) is 1. The second-order valence-corrected chi connectivity index (χ2v) is 4.83. The van der Waals surface area contributed by atoms with Crippen molar-refractivity contribution < 1.29 is 0 Å². The molecule has 0 aliphatic rings. The van der Waals surface area contributed by atoms with Crippen LogP contribution in [0.1, 0.15) is 10.7 Å². The normalized spacial score (nSPS) is 10.4. The van der Waals surface area contributed by atoms with Crippen LogP contribution in [-0.2, 0) is 6.54 Å². The maximum absolute atomic E-state index is 6.04. The zero-order valence-electron chi connectivity index (χ0n) is 8.83. The fourth-order valence-corrected chi connectivity index (χ4v) is 2.30. The third-order valence-electron chi connectivity index (χ3n) is 2.09. The molecule has 2 aromatic rings. The lowest BCUT2D eigenvalue weighted by molar-refractivity contribution is 1.08. The Labute approximate surface area is 103 Å². The molecule has 0 spiro atoms. The summed E-state index contributed by atoms with van der Waals surface area (Å²) in [5.74, 6) is 0. The molecule has 2 rings (SSSR count). The van der Waals surface area contributed by atoms with Gasteiger partial charge >= 0.3 is 0 Å². The molecule has 0 radical (unpaired) electrons. The third kappa shape index (κ3) is 2.65. The standard InChI is InChI=1S/C11H12ClN3S/c1-7-6-16-11(15-7)5-14-10-3-2-8(13)4-9(10)12/h2-4,6,14H,5,13H2,1H3. The number of aryl methyl sites for hydroxylation is 1. The molecule has 0 bridgehead atoms. The van der Waals surface area contributed by atoms with E-state index in [9.17, 15) is 0 Å². The van der Waals surface area contributed by atoms with Gasteiger partial charge in [-0.2, -0.15) is 0 Å². The number of aromatic nitrogens is 1. The van der Waals surface area contributed by atoms with Gasteiger partial charge in [-0.05, 0) is 25.1 Å². The number of hydrogen-bond acceptors (Lipinski definition) is 4. The minimum atomic E-state index is 0.633. The van der Waals surface area contributed by atoms with Crippen molar-refractivity contribution in [2.24, 2.45) is 0 Å². The second-order valence-electron chi connectivity index (χ2n) is 3.48. The number of nitrogens with two attached hydrogens (primary N) is 1. The van der Waals surface area contributed by atoms with Gasteiger partial charge in [0.05, 0.1) is 17.3 Å². The predicted molar refractivity (Wildman–Crippen MR) is 70.0 cm³/mol. The molecule has 0 amide bonds. The van der Waals surface area contributed by atoms with Gasteiger partial charge in [0.25, 0.3) is 0 Å². The Bertz CT molecular complexity index is 496. The van der Waals surface area contributed by atoms with Gasteiger partial charge in [-0.15, -0.1) is 11.3 Å². The van der Waals surface area contributed by atoms with Gasteiger partial charge in [0.15, 0.2) is 0 Å². The van der Waals surface area contributed by atoms with Crippen LogP contribution in [0.3, 0.4) is 0 Å². The maximum Gasteiger partial charge on any atom is 0.112 e. The minimum Gasteiger partial charge on any atom is -0.399 e. The average molecular weight is 254 g/mol. The number of anilines is 2. The van der Waals surface area contributed by atoms with E-state index in [1.807, 2.05) is 24.4 Å². The summed E-state index contributed by atoms with van der Waals surface area (Å²) in [4.78, 5) is 4.36. The van der Waals surface area contributed by atoms with Crippen molar-refractivity contribution in [1.29, 1.82) is 0 Å². The van der Waals surface area contributed by atoms with Gasteiger partial charge in [-0.1, -0.05) is 11.6 Å². The number of nitrogens with one attached hydrogen (secondary N) is 1. The van der Waals surface area contributed by atoms with Crippen molar-refractivity contribution >= 4 is 34.3 Å². The Kier molecular flexibility index (Phi) is 3.31. The number of halogens is 1. The molecule has 0 aliphatic carbocycles. The molecule has 0 atom stereocenters. The molecule has 84 valence electrons. The zero-order valence-corrected chi connectivity index (χ0v) is 10.4. The van der Waals surface area contributed by atoms with Gasteiger partial charge in [-0.25, -0.2) is 4.98 Å². The molecule has 0 unspecified atom stereocenters. The van der Waals surface area contributed by atoms with E-state index in [0.29, 0.717) is 17.3 Å². The summed E-state index contributed by atoms with van der Waals surface area (Å²) in [6, 6.07) is 5.43. The number of thiazole rings is 1. The molecule has 0 aliphatic heterocycles. The van der Waals surface area contributed by atoms with E-state index in [-0.39, 0.29) is 0 Å². The van der Waals surface area contributed by atoms with Crippen LogP contribution < -0.4 is 11.1 Å². The lowest BCUT2D eigenvalue weighted by Gasteiger charge is -2.06. The Morgan fingerprint density at radius 1 is 1.50 bits per heavy atom. The summed E-state index contributed by atoms with van der Waals surface area (Å²) in [7, 11) is 0. The molecule has 0 saturated heterocycles. The Morgan fingerprint density at radius 3 is 2.94 bits per heavy atom. The summed E-state index contributed by atoms with van der Waals surface area (Å²) in [6.45, 7) is 2.67. The zero-order chi connectivity index (χ0) is 11.5. The van der Waals surface area contributed by atoms with Crippen LogP contribution in [0.5, 0.6) is 0 Å². The van der Waals surface area contributed by atoms with E-state index < -0.39 is 0 Å². The molecular weight excluding hydrogens is 242 g/mol. The fourth-order valence-electron chi connectivity index (χ4n) is 1.33. The van der Waals surface area contributed by atoms with E-state index >= 15 is 0 Å². The first-order valence-electron chi connectivity index (χ1n) is 4.85. The molecular formula is C11H12ClN3S. The quantitative estimate of drug-likeness (QED) is 0.826. The van der Waals surface area contributed by atoms with Gasteiger partial charge in [0.2, 0.25) is 0 Å². The Balaban J connectivity index is 2.04. The number of rotatable bonds is 3. The smallest absolute Gasteiger partial charge is 0.112 e. The summed E-state index contributed by atoms with van der Waals surface area (Å²) >= 11 is 7.68. The van der Waals surface area contributed by atoms with E-state index in [0.717, 1.165) is 16.4 Å². The van der Waals surface area contributed by atoms with Gasteiger partial charge in [0.1, 0.15) is 5.01 Å². The van der Waals surface area contributed by atoms with E-state index in [1.165, 1.54) is 0 Å². The molecule has 1 aromatic heterocycles. The summed E-state index contributed by atoms with van der Waals surface area (Å²) in [5, 5.41) is 6.94. The Morgan fingerprint density at radius 2 is 2.31 bits per heavy atom. The van der Waals surface area contributed by atoms with E-state index in [4.69, 9.17) is 17.3 Å². The molecule has 5 heteroatoms. The first-order valence-corrected chi connectivity index (χ1v) is 6.11. The van der Waals surface area contributed by atoms with Crippen LogP contribution in [0.4, 0.5) is 11.4 Å². The van der Waals surface area contributed by atoms with Crippen molar-refractivity contribution in [2.45, 2.75) is 13.5 Å². The first-order chi connectivity index (χ1) is 7.65. The highest BCUT2D eigenvalue weighted by Crippen LogP contribution is 2.24. The summed E-state index contributed by atoms with van der Waals surface area (Å²) < 4.78 is 0. The maximum atomic E-state index is 6.04. The van der Waals surface area contributed by atoms with Crippen LogP contribution in [-0.4, -0.2) is 4.98 Å². The lowest BCUT2D eigenvalue weighted by Crippen LogP contribution is -2.00. The average Bonchev–Trinajstić information content (AvgIpc) is 2.63. The molecule has 3 nitrogen and oxygen atoms in total. The van der Waals surface area contributed by atoms with Crippen molar-refractivity contribution in [1.82, 2.24) is 4.98 Å².